The maximum Gasteiger partial charge on any atom is 0.350 e. The fraction of sp³-hybridized carbons (Fsp3) is 0.200. The molecule has 0 unspecified atom stereocenters. The van der Waals surface area contributed by atoms with Gasteiger partial charge in [-0.15, -0.1) is 0 Å². The van der Waals surface area contributed by atoms with E-state index in [2.05, 4.69) is 11.9 Å². The quantitative estimate of drug-likeness (QED) is 0.412. The number of ether oxygens (including phenoxy) is 1. The predicted molar refractivity (Wildman–Crippen MR) is 125 cm³/mol. The highest BCUT2D eigenvalue weighted by molar-refractivity contribution is 7.17. The lowest BCUT2D eigenvalue weighted by molar-refractivity contribution is 0.0605. The highest BCUT2D eigenvalue weighted by Crippen LogP contribution is 2.43. The summed E-state index contributed by atoms with van der Waals surface area (Å²) >= 11 is 1.06. The number of carbonyl (C=O) groups excluding carboxylic acids is 2. The predicted octanol–water partition coefficient (Wildman–Crippen LogP) is 4.66. The molecule has 1 aliphatic heterocycles. The van der Waals surface area contributed by atoms with E-state index < -0.39 is 17.9 Å². The molecule has 1 atom stereocenters. The molecule has 166 valence electrons. The Morgan fingerprint density at radius 1 is 1.15 bits per heavy atom. The monoisotopic (exact) mass is 460 g/mol. The summed E-state index contributed by atoms with van der Waals surface area (Å²) < 4.78 is 10.8. The molecule has 0 fully saturated rings. The molecule has 0 radical (unpaired) electrons. The normalized spacial score (nSPS) is 15.2. The van der Waals surface area contributed by atoms with E-state index in [1.165, 1.54) is 12.0 Å². The number of thiazole rings is 1. The molecule has 0 saturated heterocycles. The van der Waals surface area contributed by atoms with Gasteiger partial charge in [0.2, 0.25) is 5.76 Å². The Morgan fingerprint density at radius 3 is 2.58 bits per heavy atom. The zero-order valence-electron chi connectivity index (χ0n) is 18.2. The van der Waals surface area contributed by atoms with Crippen molar-refractivity contribution in [2.24, 2.45) is 0 Å². The molecular weight excluding hydrogens is 440 g/mol. The van der Waals surface area contributed by atoms with Gasteiger partial charge in [0.05, 0.1) is 29.8 Å². The minimum Gasteiger partial charge on any atom is -0.465 e. The van der Waals surface area contributed by atoms with Crippen LogP contribution in [0.4, 0.5) is 5.13 Å². The Bertz CT molecular complexity index is 1470. The Balaban J connectivity index is 1.76. The van der Waals surface area contributed by atoms with Crippen molar-refractivity contribution in [3.63, 3.8) is 0 Å². The van der Waals surface area contributed by atoms with Crippen LogP contribution in [0.2, 0.25) is 0 Å². The van der Waals surface area contributed by atoms with Crippen molar-refractivity contribution in [2.45, 2.75) is 26.3 Å². The Labute approximate surface area is 193 Å². The summed E-state index contributed by atoms with van der Waals surface area (Å²) in [6.45, 7) is 3.74. The van der Waals surface area contributed by atoms with E-state index in [1.807, 2.05) is 24.3 Å². The minimum atomic E-state index is -0.727. The van der Waals surface area contributed by atoms with Gasteiger partial charge < -0.3 is 9.15 Å². The molecule has 0 bridgehead atoms. The first-order valence-corrected chi connectivity index (χ1v) is 11.3. The summed E-state index contributed by atoms with van der Waals surface area (Å²) in [4.78, 5) is 45.6. The third-order valence-electron chi connectivity index (χ3n) is 5.84. The minimum absolute atomic E-state index is 0.00395. The zero-order chi connectivity index (χ0) is 23.3. The second-order valence-electron chi connectivity index (χ2n) is 7.75. The summed E-state index contributed by atoms with van der Waals surface area (Å²) in [5.41, 5.74) is 2.72. The molecule has 8 heteroatoms. The second kappa shape index (κ2) is 7.97. The summed E-state index contributed by atoms with van der Waals surface area (Å²) in [5, 5.41) is 0.712. The number of rotatable bonds is 4. The van der Waals surface area contributed by atoms with Crippen molar-refractivity contribution in [1.82, 2.24) is 4.98 Å². The highest BCUT2D eigenvalue weighted by Gasteiger charge is 2.45. The second-order valence-corrected chi connectivity index (χ2v) is 8.72. The lowest BCUT2D eigenvalue weighted by Gasteiger charge is -2.22. The standard InChI is InChI=1S/C25H20N2O5S/c1-4-14-9-11-15(12-10-14)19-18-20(28)16-7-5-6-8-17(16)32-21(18)23(29)27(19)25-26-13(2)22(33-25)24(30)31-3/h5-12,19H,4H2,1-3H3/t19-/m0/s1. The van der Waals surface area contributed by atoms with E-state index in [-0.39, 0.29) is 16.8 Å². The van der Waals surface area contributed by atoms with Gasteiger partial charge in [0.15, 0.2) is 10.6 Å². The summed E-state index contributed by atoms with van der Waals surface area (Å²) in [5.74, 6) is -0.998. The third kappa shape index (κ3) is 3.25. The van der Waals surface area contributed by atoms with Crippen LogP contribution in [-0.4, -0.2) is 24.0 Å². The number of hydrogen-bond donors (Lipinski definition) is 0. The molecule has 0 aliphatic carbocycles. The van der Waals surface area contributed by atoms with Crippen molar-refractivity contribution in [1.29, 1.82) is 0 Å². The third-order valence-corrected chi connectivity index (χ3v) is 6.98. The number of fused-ring (bicyclic) bond motifs is 2. The first kappa shape index (κ1) is 21.1. The topological polar surface area (TPSA) is 89.7 Å². The number of esters is 1. The van der Waals surface area contributed by atoms with E-state index in [9.17, 15) is 14.4 Å². The fourth-order valence-electron chi connectivity index (χ4n) is 4.14. The lowest BCUT2D eigenvalue weighted by atomic mass is 9.97. The highest BCUT2D eigenvalue weighted by atomic mass is 32.1. The summed E-state index contributed by atoms with van der Waals surface area (Å²) in [7, 11) is 1.30. The van der Waals surface area contributed by atoms with E-state index in [0.717, 1.165) is 28.9 Å². The van der Waals surface area contributed by atoms with Gasteiger partial charge in [0, 0.05) is 0 Å². The van der Waals surface area contributed by atoms with Gasteiger partial charge in [-0.1, -0.05) is 54.7 Å². The molecule has 0 saturated carbocycles. The van der Waals surface area contributed by atoms with Crippen molar-refractivity contribution in [3.8, 4) is 0 Å². The van der Waals surface area contributed by atoms with Crippen LogP contribution in [0.3, 0.4) is 0 Å². The van der Waals surface area contributed by atoms with Crippen LogP contribution in [0.1, 0.15) is 55.6 Å². The van der Waals surface area contributed by atoms with E-state index in [1.54, 1.807) is 31.2 Å². The van der Waals surface area contributed by atoms with Gasteiger partial charge in [0.25, 0.3) is 5.91 Å². The van der Waals surface area contributed by atoms with Crippen LogP contribution >= 0.6 is 11.3 Å². The van der Waals surface area contributed by atoms with Crippen molar-refractivity contribution in [3.05, 3.63) is 91.8 Å². The number of amides is 1. The molecule has 5 rings (SSSR count). The number of aryl methyl sites for hydroxylation is 2. The maximum absolute atomic E-state index is 13.6. The maximum atomic E-state index is 13.6. The van der Waals surface area contributed by atoms with Gasteiger partial charge in [-0.3, -0.25) is 14.5 Å². The smallest absolute Gasteiger partial charge is 0.350 e. The number of aromatic nitrogens is 1. The molecule has 0 N–H and O–H groups in total. The number of para-hydroxylation sites is 1. The number of nitrogens with zero attached hydrogens (tertiary/aromatic N) is 2. The van der Waals surface area contributed by atoms with E-state index >= 15 is 0 Å². The van der Waals surface area contributed by atoms with E-state index in [0.29, 0.717) is 26.7 Å². The van der Waals surface area contributed by atoms with Crippen LogP contribution in [0.25, 0.3) is 11.0 Å². The van der Waals surface area contributed by atoms with Crippen LogP contribution in [0.5, 0.6) is 0 Å². The van der Waals surface area contributed by atoms with Crippen molar-refractivity contribution < 1.29 is 18.7 Å². The Kier molecular flexibility index (Phi) is 5.09. The zero-order valence-corrected chi connectivity index (χ0v) is 19.1. The van der Waals surface area contributed by atoms with Gasteiger partial charge in [-0.2, -0.15) is 0 Å². The number of benzene rings is 2. The summed E-state index contributed by atoms with van der Waals surface area (Å²) in [6, 6.07) is 13.9. The Morgan fingerprint density at radius 2 is 1.88 bits per heavy atom. The molecule has 2 aromatic heterocycles. The summed E-state index contributed by atoms with van der Waals surface area (Å²) in [6.07, 6.45) is 0.866. The van der Waals surface area contributed by atoms with Gasteiger partial charge in [-0.25, -0.2) is 9.78 Å². The number of anilines is 1. The average Bonchev–Trinajstić information content (AvgIpc) is 3.36. The van der Waals surface area contributed by atoms with Crippen LogP contribution in [0.15, 0.2) is 57.7 Å². The first-order valence-electron chi connectivity index (χ1n) is 10.5. The molecular formula is C25H20N2O5S. The van der Waals surface area contributed by atoms with Crippen LogP contribution < -0.4 is 10.3 Å². The first-order chi connectivity index (χ1) is 15.9. The molecule has 4 aromatic rings. The van der Waals surface area contributed by atoms with Crippen LogP contribution in [-0.2, 0) is 11.2 Å². The molecule has 1 amide bonds. The number of methoxy groups -OCH3 is 1. The molecule has 1 aliphatic rings. The molecule has 33 heavy (non-hydrogen) atoms. The molecule has 7 nitrogen and oxygen atoms in total. The van der Waals surface area contributed by atoms with Crippen molar-refractivity contribution >= 4 is 39.3 Å². The average molecular weight is 461 g/mol. The van der Waals surface area contributed by atoms with Crippen LogP contribution in [0, 0.1) is 6.92 Å². The van der Waals surface area contributed by atoms with Gasteiger partial charge >= 0.3 is 5.97 Å². The largest absolute Gasteiger partial charge is 0.465 e. The number of carbonyl (C=O) groups is 2. The van der Waals surface area contributed by atoms with Gasteiger partial charge in [0.1, 0.15) is 10.5 Å². The SMILES string of the molecule is CCc1ccc([C@H]2c3c(oc4ccccc4c3=O)C(=O)N2c2nc(C)c(C(=O)OC)s2)cc1. The Hall–Kier alpha value is -3.78. The molecule has 2 aromatic carbocycles. The van der Waals surface area contributed by atoms with Crippen molar-refractivity contribution in [2.75, 3.05) is 12.0 Å². The van der Waals surface area contributed by atoms with E-state index in [4.69, 9.17) is 9.15 Å². The van der Waals surface area contributed by atoms with Gasteiger partial charge in [-0.05, 0) is 36.6 Å². The molecule has 3 heterocycles. The lowest BCUT2D eigenvalue weighted by Crippen LogP contribution is -2.29. The number of hydrogen-bond acceptors (Lipinski definition) is 7. The molecule has 0 spiro atoms. The fourth-order valence-corrected chi connectivity index (χ4v) is 5.15.